The molecule has 0 saturated carbocycles. The zero-order valence-electron chi connectivity index (χ0n) is 11.6. The Morgan fingerprint density at radius 2 is 1.89 bits per heavy atom. The standard InChI is InChI=1S/C15H17NO2S/c1-9-5-11(3)14(6-10(9)2)18-7-15-16-13(8-19-15)12(4)17/h5-6,8H,7H2,1-4H3. The number of aromatic nitrogens is 1. The highest BCUT2D eigenvalue weighted by atomic mass is 32.1. The first-order chi connectivity index (χ1) is 8.97. The number of aryl methyl sites for hydroxylation is 3. The third kappa shape index (κ3) is 3.20. The van der Waals surface area contributed by atoms with Gasteiger partial charge in [-0.3, -0.25) is 4.79 Å². The molecule has 1 heterocycles. The van der Waals surface area contributed by atoms with Crippen LogP contribution in [-0.4, -0.2) is 10.8 Å². The molecule has 0 aliphatic heterocycles. The van der Waals surface area contributed by atoms with Gasteiger partial charge in [-0.05, 0) is 43.5 Å². The summed E-state index contributed by atoms with van der Waals surface area (Å²) in [7, 11) is 0. The van der Waals surface area contributed by atoms with E-state index in [9.17, 15) is 4.79 Å². The zero-order valence-corrected chi connectivity index (χ0v) is 12.4. The average Bonchev–Trinajstić information content (AvgIpc) is 2.81. The molecule has 0 atom stereocenters. The Hall–Kier alpha value is -1.68. The topological polar surface area (TPSA) is 39.2 Å². The fourth-order valence-corrected chi connectivity index (χ4v) is 2.51. The largest absolute Gasteiger partial charge is 0.486 e. The van der Waals surface area contributed by atoms with Crippen LogP contribution in [0.4, 0.5) is 0 Å². The van der Waals surface area contributed by atoms with E-state index in [-0.39, 0.29) is 5.78 Å². The third-order valence-corrected chi connectivity index (χ3v) is 3.88. The fourth-order valence-electron chi connectivity index (χ4n) is 1.77. The second-order valence-corrected chi connectivity index (χ2v) is 5.62. The van der Waals surface area contributed by atoms with Crippen LogP contribution in [0.2, 0.25) is 0 Å². The van der Waals surface area contributed by atoms with Gasteiger partial charge >= 0.3 is 0 Å². The van der Waals surface area contributed by atoms with Crippen molar-refractivity contribution in [3.05, 3.63) is 44.9 Å². The van der Waals surface area contributed by atoms with Crippen molar-refractivity contribution in [1.82, 2.24) is 4.98 Å². The smallest absolute Gasteiger partial charge is 0.178 e. The minimum atomic E-state index is -0.00939. The maximum atomic E-state index is 11.2. The van der Waals surface area contributed by atoms with Gasteiger partial charge in [0.2, 0.25) is 0 Å². The van der Waals surface area contributed by atoms with Gasteiger partial charge in [0.15, 0.2) is 5.78 Å². The molecule has 0 spiro atoms. The highest BCUT2D eigenvalue weighted by molar-refractivity contribution is 7.09. The van der Waals surface area contributed by atoms with Gasteiger partial charge in [-0.2, -0.15) is 0 Å². The predicted molar refractivity (Wildman–Crippen MR) is 77.1 cm³/mol. The first-order valence-corrected chi connectivity index (χ1v) is 7.01. The van der Waals surface area contributed by atoms with Crippen molar-refractivity contribution in [2.75, 3.05) is 0 Å². The van der Waals surface area contributed by atoms with E-state index < -0.39 is 0 Å². The van der Waals surface area contributed by atoms with Gasteiger partial charge in [0.05, 0.1) is 0 Å². The Balaban J connectivity index is 2.09. The Kier molecular flexibility index (Phi) is 4.00. The molecular weight excluding hydrogens is 258 g/mol. The molecule has 0 aliphatic carbocycles. The highest BCUT2D eigenvalue weighted by Crippen LogP contribution is 2.23. The van der Waals surface area contributed by atoms with Gasteiger partial charge in [0.25, 0.3) is 0 Å². The molecule has 19 heavy (non-hydrogen) atoms. The Bertz CT molecular complexity index is 617. The second kappa shape index (κ2) is 5.53. The van der Waals surface area contributed by atoms with Gasteiger partial charge < -0.3 is 4.74 Å². The molecule has 0 amide bonds. The number of ether oxygens (including phenoxy) is 1. The van der Waals surface area contributed by atoms with Crippen molar-refractivity contribution >= 4 is 17.1 Å². The molecule has 100 valence electrons. The second-order valence-electron chi connectivity index (χ2n) is 4.67. The first-order valence-electron chi connectivity index (χ1n) is 6.13. The lowest BCUT2D eigenvalue weighted by Crippen LogP contribution is -1.99. The van der Waals surface area contributed by atoms with Gasteiger partial charge in [0.1, 0.15) is 23.1 Å². The van der Waals surface area contributed by atoms with E-state index in [2.05, 4.69) is 24.9 Å². The maximum absolute atomic E-state index is 11.2. The number of nitrogens with zero attached hydrogens (tertiary/aromatic N) is 1. The van der Waals surface area contributed by atoms with Gasteiger partial charge in [-0.15, -0.1) is 11.3 Å². The van der Waals surface area contributed by atoms with Crippen LogP contribution in [0.3, 0.4) is 0 Å². The van der Waals surface area contributed by atoms with Crippen molar-refractivity contribution in [3.63, 3.8) is 0 Å². The van der Waals surface area contributed by atoms with Crippen molar-refractivity contribution in [2.24, 2.45) is 0 Å². The van der Waals surface area contributed by atoms with E-state index in [4.69, 9.17) is 4.74 Å². The summed E-state index contributed by atoms with van der Waals surface area (Å²) in [5.74, 6) is 0.868. The fraction of sp³-hybridized carbons (Fsp3) is 0.333. The lowest BCUT2D eigenvalue weighted by atomic mass is 10.1. The molecule has 0 saturated heterocycles. The zero-order chi connectivity index (χ0) is 14.0. The molecule has 0 bridgehead atoms. The third-order valence-electron chi connectivity index (χ3n) is 3.05. The van der Waals surface area contributed by atoms with E-state index in [0.29, 0.717) is 12.3 Å². The van der Waals surface area contributed by atoms with Crippen LogP contribution in [0, 0.1) is 20.8 Å². The average molecular weight is 275 g/mol. The van der Waals surface area contributed by atoms with E-state index in [1.807, 2.05) is 13.0 Å². The molecular formula is C15H17NO2S. The summed E-state index contributed by atoms with van der Waals surface area (Å²) in [6, 6.07) is 4.16. The number of rotatable bonds is 4. The Morgan fingerprint density at radius 1 is 1.21 bits per heavy atom. The summed E-state index contributed by atoms with van der Waals surface area (Å²) in [5.41, 5.74) is 4.11. The lowest BCUT2D eigenvalue weighted by molar-refractivity contribution is 0.101. The molecule has 1 aromatic carbocycles. The lowest BCUT2D eigenvalue weighted by Gasteiger charge is -2.10. The van der Waals surface area contributed by atoms with Gasteiger partial charge in [0, 0.05) is 12.3 Å². The van der Waals surface area contributed by atoms with Crippen molar-refractivity contribution in [3.8, 4) is 5.75 Å². The van der Waals surface area contributed by atoms with Crippen molar-refractivity contribution in [2.45, 2.75) is 34.3 Å². The van der Waals surface area contributed by atoms with E-state index in [1.54, 1.807) is 5.38 Å². The quantitative estimate of drug-likeness (QED) is 0.796. The van der Waals surface area contributed by atoms with Crippen molar-refractivity contribution < 1.29 is 9.53 Å². The molecule has 2 rings (SSSR count). The number of carbonyl (C=O) groups is 1. The number of thiazole rings is 1. The van der Waals surface area contributed by atoms with Crippen LogP contribution >= 0.6 is 11.3 Å². The van der Waals surface area contributed by atoms with Gasteiger partial charge in [-0.1, -0.05) is 6.07 Å². The van der Waals surface area contributed by atoms with Crippen LogP contribution in [0.1, 0.15) is 39.1 Å². The number of benzene rings is 1. The highest BCUT2D eigenvalue weighted by Gasteiger charge is 2.08. The first kappa shape index (κ1) is 13.7. The predicted octanol–water partition coefficient (Wildman–Crippen LogP) is 3.85. The van der Waals surface area contributed by atoms with E-state index in [0.717, 1.165) is 16.3 Å². The summed E-state index contributed by atoms with van der Waals surface area (Å²) >= 11 is 1.45. The Labute approximate surface area is 117 Å². The number of hydrogen-bond donors (Lipinski definition) is 0. The monoisotopic (exact) mass is 275 g/mol. The van der Waals surface area contributed by atoms with Crippen LogP contribution < -0.4 is 4.74 Å². The van der Waals surface area contributed by atoms with Crippen LogP contribution in [0.15, 0.2) is 17.5 Å². The summed E-state index contributed by atoms with van der Waals surface area (Å²) in [6.45, 7) is 8.12. The van der Waals surface area contributed by atoms with Crippen LogP contribution in [-0.2, 0) is 6.61 Å². The number of carbonyl (C=O) groups excluding carboxylic acids is 1. The summed E-state index contributed by atoms with van der Waals surface area (Å²) in [4.78, 5) is 15.4. The molecule has 1 aromatic heterocycles. The van der Waals surface area contributed by atoms with Crippen LogP contribution in [0.25, 0.3) is 0 Å². The molecule has 2 aromatic rings. The molecule has 4 heteroatoms. The minimum absolute atomic E-state index is 0.00939. The maximum Gasteiger partial charge on any atom is 0.178 e. The minimum Gasteiger partial charge on any atom is -0.486 e. The number of Topliss-reactive ketones (excluding diaryl/α,β-unsaturated/α-hetero) is 1. The SMILES string of the molecule is CC(=O)c1csc(COc2cc(C)c(C)cc2C)n1. The number of hydrogen-bond acceptors (Lipinski definition) is 4. The van der Waals surface area contributed by atoms with Crippen molar-refractivity contribution in [1.29, 1.82) is 0 Å². The summed E-state index contributed by atoms with van der Waals surface area (Å²) in [6.07, 6.45) is 0. The number of ketones is 1. The Morgan fingerprint density at radius 3 is 2.53 bits per heavy atom. The normalized spacial score (nSPS) is 10.5. The van der Waals surface area contributed by atoms with E-state index >= 15 is 0 Å². The molecule has 3 nitrogen and oxygen atoms in total. The molecule has 0 radical (unpaired) electrons. The van der Waals surface area contributed by atoms with Crippen LogP contribution in [0.5, 0.6) is 5.75 Å². The molecule has 0 aliphatic rings. The molecule has 0 N–H and O–H groups in total. The summed E-state index contributed by atoms with van der Waals surface area (Å²) in [5, 5.41) is 2.59. The van der Waals surface area contributed by atoms with E-state index in [1.165, 1.54) is 29.4 Å². The summed E-state index contributed by atoms with van der Waals surface area (Å²) < 4.78 is 5.79. The molecule has 0 fully saturated rings. The molecule has 0 unspecified atom stereocenters. The van der Waals surface area contributed by atoms with Gasteiger partial charge in [-0.25, -0.2) is 4.98 Å².